The van der Waals surface area contributed by atoms with Crippen LogP contribution in [0.2, 0.25) is 0 Å². The average molecular weight is 144 g/mol. The quantitative estimate of drug-likeness (QED) is 0.580. The molecule has 0 saturated heterocycles. The first-order valence-corrected chi connectivity index (χ1v) is 3.68. The highest BCUT2D eigenvalue weighted by molar-refractivity contribution is 5.73. The molecule has 10 heavy (non-hydrogen) atoms. The van der Waals surface area contributed by atoms with E-state index in [0.717, 1.165) is 13.1 Å². The summed E-state index contributed by atoms with van der Waals surface area (Å²) in [5.74, 6) is 0.128. The van der Waals surface area contributed by atoms with Gasteiger partial charge in [-0.3, -0.25) is 4.79 Å². The molecule has 0 aliphatic heterocycles. The molecule has 0 heterocycles. The van der Waals surface area contributed by atoms with Crippen molar-refractivity contribution in [1.29, 1.82) is 0 Å². The largest absolute Gasteiger partial charge is 0.330 e. The Morgan fingerprint density at radius 3 is 2.40 bits per heavy atom. The van der Waals surface area contributed by atoms with E-state index in [2.05, 4.69) is 5.32 Å². The third-order valence-corrected chi connectivity index (χ3v) is 1.38. The summed E-state index contributed by atoms with van der Waals surface area (Å²) in [4.78, 5) is 12.5. The monoisotopic (exact) mass is 144 g/mol. The fraction of sp³-hybridized carbons (Fsp3) is 0.857. The highest BCUT2D eigenvalue weighted by Gasteiger charge is 2.02. The summed E-state index contributed by atoms with van der Waals surface area (Å²) in [6.45, 7) is 7.93. The van der Waals surface area contributed by atoms with Crippen molar-refractivity contribution in [3.8, 4) is 0 Å². The van der Waals surface area contributed by atoms with Gasteiger partial charge in [0.25, 0.3) is 0 Å². The van der Waals surface area contributed by atoms with Gasteiger partial charge in [-0.25, -0.2) is 0 Å². The third kappa shape index (κ3) is 3.45. The van der Waals surface area contributed by atoms with Crippen LogP contribution < -0.4 is 5.32 Å². The van der Waals surface area contributed by atoms with Gasteiger partial charge in [-0.15, -0.1) is 0 Å². The van der Waals surface area contributed by atoms with E-state index in [-0.39, 0.29) is 5.91 Å². The van der Waals surface area contributed by atoms with Gasteiger partial charge in [0.15, 0.2) is 0 Å². The first-order valence-electron chi connectivity index (χ1n) is 3.68. The molecule has 0 aliphatic rings. The molecule has 0 aliphatic carbocycles. The van der Waals surface area contributed by atoms with Gasteiger partial charge in [0.1, 0.15) is 0 Å². The number of nitrogens with one attached hydrogen (secondary N) is 1. The lowest BCUT2D eigenvalue weighted by molar-refractivity contribution is -0.128. The van der Waals surface area contributed by atoms with Crippen LogP contribution in [0.3, 0.4) is 0 Å². The lowest BCUT2D eigenvalue weighted by Gasteiger charge is -2.18. The highest BCUT2D eigenvalue weighted by Crippen LogP contribution is 1.84. The Kier molecular flexibility index (Phi) is 4.94. The van der Waals surface area contributed by atoms with E-state index in [1.54, 1.807) is 11.8 Å². The molecule has 0 unspecified atom stereocenters. The number of hydrogen-bond donors (Lipinski definition) is 1. The Morgan fingerprint density at radius 2 is 2.10 bits per heavy atom. The molecule has 3 heteroatoms. The zero-order valence-electron chi connectivity index (χ0n) is 6.98. The van der Waals surface area contributed by atoms with E-state index in [9.17, 15) is 4.79 Å². The summed E-state index contributed by atoms with van der Waals surface area (Å²) in [6.07, 6.45) is 0. The molecule has 0 atom stereocenters. The van der Waals surface area contributed by atoms with Crippen molar-refractivity contribution < 1.29 is 4.79 Å². The second-order valence-electron chi connectivity index (χ2n) is 2.14. The maximum Gasteiger partial charge on any atom is 0.220 e. The molecule has 3 nitrogen and oxygen atoms in total. The van der Waals surface area contributed by atoms with Crippen molar-refractivity contribution in [2.24, 2.45) is 0 Å². The molecular weight excluding hydrogens is 128 g/mol. The second kappa shape index (κ2) is 5.23. The second-order valence-corrected chi connectivity index (χ2v) is 2.14. The van der Waals surface area contributed by atoms with Gasteiger partial charge in [-0.2, -0.15) is 0 Å². The predicted molar refractivity (Wildman–Crippen MR) is 41.6 cm³/mol. The zero-order chi connectivity index (χ0) is 7.98. The number of carbonyl (C=O) groups is 1. The lowest BCUT2D eigenvalue weighted by atomic mass is 10.5. The third-order valence-electron chi connectivity index (χ3n) is 1.38. The number of nitrogens with zero attached hydrogens (tertiary/aromatic N) is 1. The topological polar surface area (TPSA) is 32.3 Å². The van der Waals surface area contributed by atoms with Crippen LogP contribution in [-0.4, -0.2) is 30.6 Å². The normalized spacial score (nSPS) is 9.50. The van der Waals surface area contributed by atoms with Gasteiger partial charge in [0, 0.05) is 13.5 Å². The Bertz CT molecular complexity index is 104. The molecule has 0 rings (SSSR count). The first kappa shape index (κ1) is 9.43. The Hall–Kier alpha value is -0.570. The van der Waals surface area contributed by atoms with E-state index < -0.39 is 0 Å². The maximum absolute atomic E-state index is 10.8. The predicted octanol–water partition coefficient (Wildman–Crippen LogP) is 0.422. The van der Waals surface area contributed by atoms with Gasteiger partial charge in [-0.1, -0.05) is 6.92 Å². The van der Waals surface area contributed by atoms with Crippen LogP contribution in [0.15, 0.2) is 0 Å². The summed E-state index contributed by atoms with van der Waals surface area (Å²) >= 11 is 0. The Labute approximate surface area is 62.4 Å². The minimum absolute atomic E-state index is 0.128. The molecule has 0 fully saturated rings. The molecule has 0 bridgehead atoms. The maximum atomic E-state index is 10.8. The summed E-state index contributed by atoms with van der Waals surface area (Å²) in [6, 6.07) is 0. The summed E-state index contributed by atoms with van der Waals surface area (Å²) in [5.41, 5.74) is 0. The van der Waals surface area contributed by atoms with Gasteiger partial charge >= 0.3 is 0 Å². The molecule has 1 N–H and O–H groups in total. The van der Waals surface area contributed by atoms with Crippen LogP contribution in [-0.2, 0) is 4.79 Å². The van der Waals surface area contributed by atoms with Gasteiger partial charge < -0.3 is 10.2 Å². The zero-order valence-corrected chi connectivity index (χ0v) is 6.98. The molecular formula is C7H16N2O. The summed E-state index contributed by atoms with van der Waals surface area (Å²) in [5, 5.41) is 3.09. The van der Waals surface area contributed by atoms with Crippen molar-refractivity contribution in [2.45, 2.75) is 20.8 Å². The molecule has 0 aromatic rings. The van der Waals surface area contributed by atoms with Crippen molar-refractivity contribution in [1.82, 2.24) is 10.2 Å². The lowest BCUT2D eigenvalue weighted by Crippen LogP contribution is -2.37. The van der Waals surface area contributed by atoms with Crippen LogP contribution in [0, 0.1) is 0 Å². The van der Waals surface area contributed by atoms with Crippen LogP contribution in [0.25, 0.3) is 0 Å². The minimum atomic E-state index is 0.128. The minimum Gasteiger partial charge on any atom is -0.330 e. The van der Waals surface area contributed by atoms with E-state index in [1.807, 2.05) is 13.8 Å². The summed E-state index contributed by atoms with van der Waals surface area (Å²) < 4.78 is 0. The molecule has 0 spiro atoms. The van der Waals surface area contributed by atoms with Crippen molar-refractivity contribution in [3.05, 3.63) is 0 Å². The SMILES string of the molecule is CCNCN(CC)C(C)=O. The molecule has 0 aromatic heterocycles. The van der Waals surface area contributed by atoms with Crippen LogP contribution in [0.1, 0.15) is 20.8 Å². The van der Waals surface area contributed by atoms with E-state index in [1.165, 1.54) is 0 Å². The van der Waals surface area contributed by atoms with Crippen molar-refractivity contribution in [3.63, 3.8) is 0 Å². The number of rotatable bonds is 4. The molecule has 1 amide bonds. The molecule has 60 valence electrons. The van der Waals surface area contributed by atoms with Crippen molar-refractivity contribution >= 4 is 5.91 Å². The Morgan fingerprint density at radius 1 is 1.50 bits per heavy atom. The average Bonchev–Trinajstić information content (AvgIpc) is 1.89. The highest BCUT2D eigenvalue weighted by atomic mass is 16.2. The smallest absolute Gasteiger partial charge is 0.220 e. The van der Waals surface area contributed by atoms with Crippen LogP contribution >= 0.6 is 0 Å². The molecule has 0 saturated carbocycles. The van der Waals surface area contributed by atoms with Gasteiger partial charge in [0.2, 0.25) is 5.91 Å². The van der Waals surface area contributed by atoms with Gasteiger partial charge in [0.05, 0.1) is 6.67 Å². The van der Waals surface area contributed by atoms with E-state index >= 15 is 0 Å². The number of carbonyl (C=O) groups excluding carboxylic acids is 1. The van der Waals surface area contributed by atoms with Crippen LogP contribution in [0.5, 0.6) is 0 Å². The molecule has 0 radical (unpaired) electrons. The molecule has 0 aromatic carbocycles. The van der Waals surface area contributed by atoms with Crippen LogP contribution in [0.4, 0.5) is 0 Å². The van der Waals surface area contributed by atoms with Crippen molar-refractivity contribution in [2.75, 3.05) is 19.8 Å². The standard InChI is InChI=1S/C7H16N2O/c1-4-8-6-9(5-2)7(3)10/h8H,4-6H2,1-3H3. The van der Waals surface area contributed by atoms with Gasteiger partial charge in [-0.05, 0) is 13.5 Å². The van der Waals surface area contributed by atoms with E-state index in [0.29, 0.717) is 6.67 Å². The summed E-state index contributed by atoms with van der Waals surface area (Å²) in [7, 11) is 0. The number of amides is 1. The fourth-order valence-electron chi connectivity index (χ4n) is 0.693. The Balaban J connectivity index is 3.50. The first-order chi connectivity index (χ1) is 4.72. The number of hydrogen-bond acceptors (Lipinski definition) is 2. The van der Waals surface area contributed by atoms with E-state index in [4.69, 9.17) is 0 Å². The fourth-order valence-corrected chi connectivity index (χ4v) is 0.693.